The smallest absolute Gasteiger partial charge is 0.410 e. The summed E-state index contributed by atoms with van der Waals surface area (Å²) in [5.41, 5.74) is 6.74. The molecule has 6 nitrogen and oxygen atoms in total. The predicted molar refractivity (Wildman–Crippen MR) is 99.8 cm³/mol. The standard InChI is InChI=1S/C20H25N3O3/c1-20(2,3)26-19(25)23-11-7-6-10-16(23)17-14(18(21)24)12-13-8-4-5-9-15(13)22-17/h4-5,8-9,12,16H,6-7,10-11H2,1-3H3,(H2,21,24)/t16-/m1/s1. The number of likely N-dealkylation sites (tertiary alicyclic amines) is 1. The van der Waals surface area contributed by atoms with E-state index in [4.69, 9.17) is 15.5 Å². The van der Waals surface area contributed by atoms with Crippen LogP contribution < -0.4 is 5.73 Å². The number of aromatic nitrogens is 1. The number of fused-ring (bicyclic) bond motifs is 1. The summed E-state index contributed by atoms with van der Waals surface area (Å²) in [5, 5.41) is 0.852. The first kappa shape index (κ1) is 18.2. The number of carbonyl (C=O) groups excluding carboxylic acids is 2. The van der Waals surface area contributed by atoms with Gasteiger partial charge in [0.25, 0.3) is 5.91 Å². The van der Waals surface area contributed by atoms with Gasteiger partial charge in [-0.1, -0.05) is 18.2 Å². The number of nitrogens with zero attached hydrogens (tertiary/aromatic N) is 2. The highest BCUT2D eigenvalue weighted by molar-refractivity contribution is 5.98. The topological polar surface area (TPSA) is 85.5 Å². The zero-order valence-corrected chi connectivity index (χ0v) is 15.5. The van der Waals surface area contributed by atoms with Gasteiger partial charge in [-0.15, -0.1) is 0 Å². The lowest BCUT2D eigenvalue weighted by molar-refractivity contribution is 0.00889. The molecule has 2 N–H and O–H groups in total. The third-order valence-corrected chi connectivity index (χ3v) is 4.47. The molecule has 3 rings (SSSR count). The molecule has 138 valence electrons. The van der Waals surface area contributed by atoms with Gasteiger partial charge in [-0.3, -0.25) is 9.69 Å². The Bertz CT molecular complexity index is 842. The molecule has 0 aliphatic carbocycles. The summed E-state index contributed by atoms with van der Waals surface area (Å²) < 4.78 is 5.56. The van der Waals surface area contributed by atoms with Crippen molar-refractivity contribution in [2.24, 2.45) is 5.73 Å². The minimum absolute atomic E-state index is 0.314. The summed E-state index contributed by atoms with van der Waals surface area (Å²) in [6.07, 6.45) is 2.20. The van der Waals surface area contributed by atoms with E-state index in [-0.39, 0.29) is 12.1 Å². The zero-order chi connectivity index (χ0) is 18.9. The number of benzene rings is 1. The van der Waals surface area contributed by atoms with Crippen LogP contribution in [-0.2, 0) is 4.74 Å². The molecule has 1 aromatic heterocycles. The molecule has 1 atom stereocenters. The second-order valence-electron chi connectivity index (χ2n) is 7.66. The highest BCUT2D eigenvalue weighted by Crippen LogP contribution is 2.34. The summed E-state index contributed by atoms with van der Waals surface area (Å²) in [5.74, 6) is -0.534. The summed E-state index contributed by atoms with van der Waals surface area (Å²) in [6, 6.07) is 9.03. The first-order chi connectivity index (χ1) is 12.3. The lowest BCUT2D eigenvalue weighted by atomic mass is 9.95. The van der Waals surface area contributed by atoms with Crippen LogP contribution in [0.4, 0.5) is 4.79 Å². The molecular formula is C20H25N3O3. The van der Waals surface area contributed by atoms with Crippen LogP contribution in [0.3, 0.4) is 0 Å². The number of nitrogens with two attached hydrogens (primary N) is 1. The van der Waals surface area contributed by atoms with Gasteiger partial charge in [-0.2, -0.15) is 0 Å². The molecule has 0 radical (unpaired) electrons. The molecule has 26 heavy (non-hydrogen) atoms. The van der Waals surface area contributed by atoms with Crippen molar-refractivity contribution in [2.75, 3.05) is 6.54 Å². The Balaban J connectivity index is 2.05. The van der Waals surface area contributed by atoms with E-state index in [0.29, 0.717) is 17.8 Å². The fraction of sp³-hybridized carbons (Fsp3) is 0.450. The van der Waals surface area contributed by atoms with E-state index in [1.807, 2.05) is 45.0 Å². The Morgan fingerprint density at radius 2 is 1.96 bits per heavy atom. The number of piperidine rings is 1. The Morgan fingerprint density at radius 3 is 2.65 bits per heavy atom. The maximum absolute atomic E-state index is 12.7. The van der Waals surface area contributed by atoms with Crippen LogP contribution in [0.25, 0.3) is 10.9 Å². The molecule has 1 aliphatic rings. The van der Waals surface area contributed by atoms with Crippen molar-refractivity contribution in [3.63, 3.8) is 0 Å². The van der Waals surface area contributed by atoms with Gasteiger partial charge in [0.15, 0.2) is 0 Å². The van der Waals surface area contributed by atoms with E-state index < -0.39 is 11.5 Å². The molecule has 1 fully saturated rings. The van der Waals surface area contributed by atoms with Crippen LogP contribution >= 0.6 is 0 Å². The molecule has 0 unspecified atom stereocenters. The average molecular weight is 355 g/mol. The Kier molecular flexibility index (Phi) is 4.85. The quantitative estimate of drug-likeness (QED) is 0.888. The number of rotatable bonds is 2. The highest BCUT2D eigenvalue weighted by Gasteiger charge is 2.34. The van der Waals surface area contributed by atoms with E-state index in [1.165, 1.54) is 0 Å². The molecule has 2 amide bonds. The number of ether oxygens (including phenoxy) is 1. The van der Waals surface area contributed by atoms with Crippen molar-refractivity contribution < 1.29 is 14.3 Å². The van der Waals surface area contributed by atoms with E-state index in [2.05, 4.69) is 0 Å². The van der Waals surface area contributed by atoms with Crippen LogP contribution in [0.15, 0.2) is 30.3 Å². The zero-order valence-electron chi connectivity index (χ0n) is 15.5. The maximum Gasteiger partial charge on any atom is 0.410 e. The number of pyridine rings is 1. The summed E-state index contributed by atoms with van der Waals surface area (Å²) in [4.78, 5) is 31.1. The Labute approximate surface area is 153 Å². The first-order valence-electron chi connectivity index (χ1n) is 8.95. The minimum atomic E-state index is -0.581. The number of hydrogen-bond acceptors (Lipinski definition) is 4. The summed E-state index contributed by atoms with van der Waals surface area (Å²) in [7, 11) is 0. The van der Waals surface area contributed by atoms with E-state index in [1.54, 1.807) is 11.0 Å². The molecule has 2 heterocycles. The molecular weight excluding hydrogens is 330 g/mol. The molecule has 6 heteroatoms. The SMILES string of the molecule is CC(C)(C)OC(=O)N1CCCC[C@@H]1c1nc2ccccc2cc1C(N)=O. The molecule has 0 bridgehead atoms. The molecule has 1 aliphatic heterocycles. The van der Waals surface area contributed by atoms with Gasteiger partial charge in [0.1, 0.15) is 5.60 Å². The molecule has 0 saturated carbocycles. The van der Waals surface area contributed by atoms with Crippen molar-refractivity contribution in [3.8, 4) is 0 Å². The van der Waals surface area contributed by atoms with E-state index >= 15 is 0 Å². The maximum atomic E-state index is 12.7. The lowest BCUT2D eigenvalue weighted by Crippen LogP contribution is -2.42. The van der Waals surface area contributed by atoms with Crippen LogP contribution in [0.2, 0.25) is 0 Å². The molecule has 2 aromatic rings. The van der Waals surface area contributed by atoms with Crippen LogP contribution in [0.1, 0.15) is 62.1 Å². The predicted octanol–water partition coefficient (Wildman–Crippen LogP) is 3.80. The van der Waals surface area contributed by atoms with Crippen molar-refractivity contribution in [2.45, 2.75) is 51.7 Å². The fourth-order valence-corrected chi connectivity index (χ4v) is 3.34. The van der Waals surface area contributed by atoms with Gasteiger partial charge in [0.2, 0.25) is 0 Å². The van der Waals surface area contributed by atoms with Gasteiger partial charge in [-0.05, 0) is 52.2 Å². The Morgan fingerprint density at radius 1 is 1.23 bits per heavy atom. The average Bonchev–Trinajstić information content (AvgIpc) is 2.59. The van der Waals surface area contributed by atoms with Crippen LogP contribution in [0, 0.1) is 0 Å². The van der Waals surface area contributed by atoms with Crippen LogP contribution in [0.5, 0.6) is 0 Å². The number of hydrogen-bond donors (Lipinski definition) is 1. The van der Waals surface area contributed by atoms with Gasteiger partial charge in [0.05, 0.1) is 22.8 Å². The molecule has 1 aromatic carbocycles. The summed E-state index contributed by atoms with van der Waals surface area (Å²) in [6.45, 7) is 6.10. The fourth-order valence-electron chi connectivity index (χ4n) is 3.34. The van der Waals surface area contributed by atoms with Gasteiger partial charge in [0, 0.05) is 11.9 Å². The van der Waals surface area contributed by atoms with Gasteiger partial charge < -0.3 is 10.5 Å². The molecule has 0 spiro atoms. The highest BCUT2D eigenvalue weighted by atomic mass is 16.6. The number of carbonyl (C=O) groups is 2. The van der Waals surface area contributed by atoms with Crippen molar-refractivity contribution in [3.05, 3.63) is 41.6 Å². The Hall–Kier alpha value is -2.63. The van der Waals surface area contributed by atoms with Gasteiger partial charge >= 0.3 is 6.09 Å². The second-order valence-corrected chi connectivity index (χ2v) is 7.66. The van der Waals surface area contributed by atoms with E-state index in [9.17, 15) is 9.59 Å². The normalized spacial score (nSPS) is 18.0. The lowest BCUT2D eigenvalue weighted by Gasteiger charge is -2.37. The number of amides is 2. The minimum Gasteiger partial charge on any atom is -0.444 e. The summed E-state index contributed by atoms with van der Waals surface area (Å²) >= 11 is 0. The van der Waals surface area contributed by atoms with Gasteiger partial charge in [-0.25, -0.2) is 9.78 Å². The largest absolute Gasteiger partial charge is 0.444 e. The van der Waals surface area contributed by atoms with Crippen molar-refractivity contribution >= 4 is 22.9 Å². The second kappa shape index (κ2) is 6.94. The number of para-hydroxylation sites is 1. The van der Waals surface area contributed by atoms with Crippen molar-refractivity contribution in [1.29, 1.82) is 0 Å². The monoisotopic (exact) mass is 355 g/mol. The van der Waals surface area contributed by atoms with E-state index in [0.717, 1.165) is 30.2 Å². The number of primary amides is 1. The molecule has 1 saturated heterocycles. The van der Waals surface area contributed by atoms with Crippen LogP contribution in [-0.4, -0.2) is 34.0 Å². The third kappa shape index (κ3) is 3.79. The third-order valence-electron chi connectivity index (χ3n) is 4.47. The first-order valence-corrected chi connectivity index (χ1v) is 8.95. The van der Waals surface area contributed by atoms with Crippen molar-refractivity contribution in [1.82, 2.24) is 9.88 Å².